The molecule has 1 aromatic rings. The highest BCUT2D eigenvalue weighted by molar-refractivity contribution is 5.95. The van der Waals surface area contributed by atoms with Crippen molar-refractivity contribution >= 4 is 5.91 Å². The number of rotatable bonds is 6. The number of carbonyl (C=O) groups excluding carboxylic acids is 1. The van der Waals surface area contributed by atoms with Gasteiger partial charge in [0.2, 0.25) is 0 Å². The second-order valence-electron chi connectivity index (χ2n) is 5.26. The fourth-order valence-corrected chi connectivity index (χ4v) is 2.96. The van der Waals surface area contributed by atoms with Gasteiger partial charge in [-0.1, -0.05) is 31.0 Å². The van der Waals surface area contributed by atoms with Gasteiger partial charge in [0.1, 0.15) is 0 Å². The third-order valence-corrected chi connectivity index (χ3v) is 3.99. The number of nitrogens with one attached hydrogen (secondary N) is 1. The molecular formula is C15H23N3O2. The van der Waals surface area contributed by atoms with Gasteiger partial charge in [-0.15, -0.1) is 0 Å². The lowest BCUT2D eigenvalue weighted by Gasteiger charge is -2.28. The summed E-state index contributed by atoms with van der Waals surface area (Å²) >= 11 is 0. The number of hydrogen-bond donors (Lipinski definition) is 3. The van der Waals surface area contributed by atoms with Gasteiger partial charge >= 0.3 is 0 Å². The van der Waals surface area contributed by atoms with Crippen molar-refractivity contribution in [3.05, 3.63) is 35.4 Å². The Kier molecular flexibility index (Phi) is 5.52. The maximum absolute atomic E-state index is 11.8. The van der Waals surface area contributed by atoms with E-state index in [2.05, 4.69) is 10.3 Å². The number of nitrogens with two attached hydrogens (primary N) is 1. The summed E-state index contributed by atoms with van der Waals surface area (Å²) in [6.45, 7) is 1.46. The molecule has 5 nitrogen and oxygen atoms in total. The van der Waals surface area contributed by atoms with Crippen molar-refractivity contribution in [3.63, 3.8) is 0 Å². The number of benzene rings is 1. The molecule has 5 heteroatoms. The number of aliphatic hydroxyl groups is 1. The van der Waals surface area contributed by atoms with Crippen LogP contribution in [-0.4, -0.2) is 35.1 Å². The highest BCUT2D eigenvalue weighted by atomic mass is 16.3. The van der Waals surface area contributed by atoms with Crippen LogP contribution < -0.4 is 11.3 Å². The molecular weight excluding hydrogens is 254 g/mol. The zero-order valence-corrected chi connectivity index (χ0v) is 11.7. The number of nitrogens with zero attached hydrogens (tertiary/aromatic N) is 1. The van der Waals surface area contributed by atoms with Gasteiger partial charge < -0.3 is 5.11 Å². The standard InChI is InChI=1S/C15H23N3O2/c16-17-15(20)14-8-4-1-5-12(14)11-18(9-10-19)13-6-2-3-7-13/h1,4-5,8,13,19H,2-3,6-7,9-11,16H2,(H,17,20). The van der Waals surface area contributed by atoms with E-state index in [1.807, 2.05) is 18.2 Å². The molecule has 0 aromatic heterocycles. The van der Waals surface area contributed by atoms with E-state index >= 15 is 0 Å². The number of hydrogen-bond acceptors (Lipinski definition) is 4. The maximum atomic E-state index is 11.8. The lowest BCUT2D eigenvalue weighted by atomic mass is 10.1. The first-order valence-corrected chi connectivity index (χ1v) is 7.20. The van der Waals surface area contributed by atoms with E-state index in [4.69, 9.17) is 5.84 Å². The van der Waals surface area contributed by atoms with Crippen LogP contribution in [0.2, 0.25) is 0 Å². The molecule has 1 aliphatic rings. The predicted molar refractivity (Wildman–Crippen MR) is 77.8 cm³/mol. The smallest absolute Gasteiger partial charge is 0.265 e. The molecule has 1 saturated carbocycles. The highest BCUT2D eigenvalue weighted by Crippen LogP contribution is 2.25. The van der Waals surface area contributed by atoms with E-state index < -0.39 is 0 Å². The molecule has 2 rings (SSSR count). The number of amides is 1. The summed E-state index contributed by atoms with van der Waals surface area (Å²) in [5, 5.41) is 9.26. The largest absolute Gasteiger partial charge is 0.395 e. The molecule has 20 heavy (non-hydrogen) atoms. The van der Waals surface area contributed by atoms with Gasteiger partial charge in [-0.05, 0) is 24.5 Å². The average Bonchev–Trinajstić information content (AvgIpc) is 3.00. The normalized spacial score (nSPS) is 15.8. The van der Waals surface area contributed by atoms with Gasteiger partial charge in [-0.25, -0.2) is 5.84 Å². The average molecular weight is 277 g/mol. The fourth-order valence-electron chi connectivity index (χ4n) is 2.96. The van der Waals surface area contributed by atoms with Crippen LogP contribution in [0.5, 0.6) is 0 Å². The van der Waals surface area contributed by atoms with Crippen molar-refractivity contribution in [2.75, 3.05) is 13.2 Å². The Morgan fingerprint density at radius 3 is 2.70 bits per heavy atom. The summed E-state index contributed by atoms with van der Waals surface area (Å²) in [5.41, 5.74) is 3.75. The lowest BCUT2D eigenvalue weighted by Crippen LogP contribution is -2.36. The molecule has 0 unspecified atom stereocenters. The number of nitrogen functional groups attached to an aromatic ring is 1. The Hall–Kier alpha value is -1.43. The minimum atomic E-state index is -0.268. The monoisotopic (exact) mass is 277 g/mol. The van der Waals surface area contributed by atoms with E-state index in [0.717, 1.165) is 5.56 Å². The molecule has 1 aromatic carbocycles. The van der Waals surface area contributed by atoms with Gasteiger partial charge in [0, 0.05) is 24.7 Å². The summed E-state index contributed by atoms with van der Waals surface area (Å²) in [7, 11) is 0. The molecule has 0 atom stereocenters. The highest BCUT2D eigenvalue weighted by Gasteiger charge is 2.23. The van der Waals surface area contributed by atoms with Crippen molar-refractivity contribution in [2.45, 2.75) is 38.3 Å². The van der Waals surface area contributed by atoms with Crippen LogP contribution in [0.3, 0.4) is 0 Å². The number of hydrazine groups is 1. The first-order valence-electron chi connectivity index (χ1n) is 7.20. The summed E-state index contributed by atoms with van der Waals surface area (Å²) in [6.07, 6.45) is 4.84. The lowest BCUT2D eigenvalue weighted by molar-refractivity contribution is 0.0949. The Labute approximate surface area is 119 Å². The van der Waals surface area contributed by atoms with E-state index in [-0.39, 0.29) is 12.5 Å². The SMILES string of the molecule is NNC(=O)c1ccccc1CN(CCO)C1CCCC1. The van der Waals surface area contributed by atoms with E-state index in [9.17, 15) is 9.90 Å². The summed E-state index contributed by atoms with van der Waals surface area (Å²) in [4.78, 5) is 14.1. The van der Waals surface area contributed by atoms with Crippen LogP contribution in [0.4, 0.5) is 0 Å². The number of carbonyl (C=O) groups is 1. The third kappa shape index (κ3) is 3.56. The molecule has 0 bridgehead atoms. The Bertz CT molecular complexity index is 444. The first-order chi connectivity index (χ1) is 9.76. The molecule has 110 valence electrons. The van der Waals surface area contributed by atoms with Crippen molar-refractivity contribution in [2.24, 2.45) is 5.84 Å². The molecule has 0 aliphatic heterocycles. The van der Waals surface area contributed by atoms with Gasteiger partial charge in [-0.3, -0.25) is 15.1 Å². The van der Waals surface area contributed by atoms with Crippen LogP contribution >= 0.6 is 0 Å². The summed E-state index contributed by atoms with van der Waals surface area (Å²) < 4.78 is 0. The maximum Gasteiger partial charge on any atom is 0.265 e. The molecule has 0 spiro atoms. The second-order valence-corrected chi connectivity index (χ2v) is 5.26. The topological polar surface area (TPSA) is 78.6 Å². The third-order valence-electron chi connectivity index (χ3n) is 3.99. The zero-order chi connectivity index (χ0) is 14.4. The van der Waals surface area contributed by atoms with Crippen LogP contribution in [0.15, 0.2) is 24.3 Å². The van der Waals surface area contributed by atoms with Crippen molar-refractivity contribution < 1.29 is 9.90 Å². The van der Waals surface area contributed by atoms with Crippen molar-refractivity contribution in [3.8, 4) is 0 Å². The molecule has 0 heterocycles. The molecule has 0 saturated heterocycles. The molecule has 4 N–H and O–H groups in total. The van der Waals surface area contributed by atoms with Gasteiger partial charge in [0.25, 0.3) is 5.91 Å². The quantitative estimate of drug-likeness (QED) is 0.412. The van der Waals surface area contributed by atoms with Crippen LogP contribution in [0, 0.1) is 0 Å². The fraction of sp³-hybridized carbons (Fsp3) is 0.533. The first kappa shape index (κ1) is 15.0. The minimum Gasteiger partial charge on any atom is -0.395 e. The van der Waals surface area contributed by atoms with Crippen LogP contribution in [-0.2, 0) is 6.54 Å². The van der Waals surface area contributed by atoms with Crippen LogP contribution in [0.25, 0.3) is 0 Å². The minimum absolute atomic E-state index is 0.141. The Morgan fingerprint density at radius 1 is 1.35 bits per heavy atom. The Balaban J connectivity index is 2.15. The van der Waals surface area contributed by atoms with Gasteiger partial charge in [0.05, 0.1) is 6.61 Å². The van der Waals surface area contributed by atoms with Gasteiger partial charge in [-0.2, -0.15) is 0 Å². The van der Waals surface area contributed by atoms with E-state index in [1.54, 1.807) is 6.07 Å². The second kappa shape index (κ2) is 7.38. The van der Waals surface area contributed by atoms with E-state index in [0.29, 0.717) is 24.7 Å². The van der Waals surface area contributed by atoms with E-state index in [1.165, 1.54) is 25.7 Å². The molecule has 1 fully saturated rings. The predicted octanol–water partition coefficient (Wildman–Crippen LogP) is 1.03. The van der Waals surface area contributed by atoms with Crippen LogP contribution in [0.1, 0.15) is 41.6 Å². The van der Waals surface area contributed by atoms with Crippen molar-refractivity contribution in [1.82, 2.24) is 10.3 Å². The summed E-state index contributed by atoms with van der Waals surface area (Å²) in [5.74, 6) is 4.96. The Morgan fingerprint density at radius 2 is 2.05 bits per heavy atom. The molecule has 0 radical (unpaired) electrons. The van der Waals surface area contributed by atoms with Gasteiger partial charge in [0.15, 0.2) is 0 Å². The molecule has 1 aliphatic carbocycles. The number of aliphatic hydroxyl groups excluding tert-OH is 1. The molecule has 1 amide bonds. The summed E-state index contributed by atoms with van der Waals surface area (Å²) in [6, 6.07) is 8.00. The van der Waals surface area contributed by atoms with Crippen molar-refractivity contribution in [1.29, 1.82) is 0 Å². The zero-order valence-electron chi connectivity index (χ0n) is 11.7.